The summed E-state index contributed by atoms with van der Waals surface area (Å²) in [6, 6.07) is 10.7. The Hall–Kier alpha value is -3.46. The van der Waals surface area contributed by atoms with E-state index in [-0.39, 0.29) is 6.04 Å². The first-order valence-electron chi connectivity index (χ1n) is 10.7. The van der Waals surface area contributed by atoms with Crippen LogP contribution in [0.4, 0.5) is 11.4 Å². The molecule has 2 aliphatic heterocycles. The number of hydrogen-bond donors (Lipinski definition) is 1. The van der Waals surface area contributed by atoms with Crippen LogP contribution in [0.1, 0.15) is 12.8 Å². The van der Waals surface area contributed by atoms with E-state index in [1.54, 1.807) is 10.7 Å². The normalized spacial score (nSPS) is 17.2. The van der Waals surface area contributed by atoms with Gasteiger partial charge in [-0.15, -0.1) is 10.2 Å². The number of nitrogens with zero attached hydrogens (tertiary/aromatic N) is 7. The molecular formula is C22H24N8O. The monoisotopic (exact) mass is 416 g/mol. The molecule has 2 aliphatic rings. The van der Waals surface area contributed by atoms with Crippen LogP contribution < -0.4 is 20.3 Å². The lowest BCUT2D eigenvalue weighted by molar-refractivity contribution is 0.312. The number of pyridine rings is 1. The lowest BCUT2D eigenvalue weighted by Gasteiger charge is -2.32. The van der Waals surface area contributed by atoms with Gasteiger partial charge in [0.2, 0.25) is 11.5 Å². The molecule has 4 aromatic rings. The Kier molecular flexibility index (Phi) is 4.17. The van der Waals surface area contributed by atoms with E-state index in [4.69, 9.17) is 15.5 Å². The van der Waals surface area contributed by atoms with Crippen LogP contribution in [0.15, 0.2) is 36.5 Å². The number of rotatable bonds is 2. The molecule has 0 atom stereocenters. The molecule has 5 heterocycles. The van der Waals surface area contributed by atoms with Gasteiger partial charge in [-0.1, -0.05) is 18.2 Å². The van der Waals surface area contributed by atoms with Crippen LogP contribution in [-0.2, 0) is 0 Å². The Bertz CT molecular complexity index is 1280. The van der Waals surface area contributed by atoms with Crippen LogP contribution in [0.5, 0.6) is 5.75 Å². The Balaban J connectivity index is 1.46. The maximum absolute atomic E-state index is 6.11. The van der Waals surface area contributed by atoms with Crippen LogP contribution in [0, 0.1) is 0 Å². The van der Waals surface area contributed by atoms with Crippen molar-refractivity contribution in [3.8, 4) is 17.3 Å². The maximum atomic E-state index is 6.11. The summed E-state index contributed by atoms with van der Waals surface area (Å²) < 4.78 is 7.61. The van der Waals surface area contributed by atoms with Crippen LogP contribution in [-0.4, -0.2) is 64.1 Å². The van der Waals surface area contributed by atoms with Gasteiger partial charge >= 0.3 is 0 Å². The van der Waals surface area contributed by atoms with Crippen LogP contribution in [0.25, 0.3) is 28.1 Å². The van der Waals surface area contributed by atoms with E-state index in [2.05, 4.69) is 49.4 Å². The van der Waals surface area contributed by atoms with E-state index in [0.717, 1.165) is 60.4 Å². The second-order valence-corrected chi connectivity index (χ2v) is 8.26. The molecule has 9 heteroatoms. The molecule has 3 aromatic heterocycles. The smallest absolute Gasteiger partial charge is 0.222 e. The van der Waals surface area contributed by atoms with E-state index in [0.29, 0.717) is 23.8 Å². The first-order valence-corrected chi connectivity index (χ1v) is 10.7. The molecule has 0 amide bonds. The topological polar surface area (TPSA) is 97.7 Å². The minimum atomic E-state index is 0.287. The van der Waals surface area contributed by atoms with Crippen molar-refractivity contribution in [3.63, 3.8) is 0 Å². The predicted octanol–water partition coefficient (Wildman–Crippen LogP) is 2.10. The number of anilines is 2. The van der Waals surface area contributed by atoms with Crippen molar-refractivity contribution in [2.45, 2.75) is 18.9 Å². The summed E-state index contributed by atoms with van der Waals surface area (Å²) in [6.45, 7) is 3.32. The fraction of sp³-hybridized carbons (Fsp3) is 0.364. The van der Waals surface area contributed by atoms with Crippen molar-refractivity contribution >= 4 is 27.9 Å². The Morgan fingerprint density at radius 3 is 2.77 bits per heavy atom. The number of nitrogens with two attached hydrogens (primary N) is 1. The summed E-state index contributed by atoms with van der Waals surface area (Å²) in [5.74, 6) is 1.32. The molecule has 0 saturated carbocycles. The lowest BCUT2D eigenvalue weighted by atomic mass is 10.0. The molecule has 1 aromatic carbocycles. The minimum Gasteiger partial charge on any atom is -0.486 e. The van der Waals surface area contributed by atoms with Gasteiger partial charge in [0, 0.05) is 31.6 Å². The molecule has 158 valence electrons. The van der Waals surface area contributed by atoms with Gasteiger partial charge in [-0.3, -0.25) is 0 Å². The largest absolute Gasteiger partial charge is 0.486 e. The zero-order valence-corrected chi connectivity index (χ0v) is 17.4. The zero-order chi connectivity index (χ0) is 20.9. The van der Waals surface area contributed by atoms with E-state index in [1.165, 1.54) is 0 Å². The molecule has 1 fully saturated rings. The molecule has 6 rings (SSSR count). The second-order valence-electron chi connectivity index (χ2n) is 8.26. The molecule has 0 radical (unpaired) electrons. The van der Waals surface area contributed by atoms with Crippen LogP contribution in [0.3, 0.4) is 0 Å². The Labute approximate surface area is 179 Å². The fourth-order valence-corrected chi connectivity index (χ4v) is 4.44. The number of aromatic nitrogens is 5. The van der Waals surface area contributed by atoms with Crippen LogP contribution in [0.2, 0.25) is 0 Å². The molecule has 1 saturated heterocycles. The van der Waals surface area contributed by atoms with Crippen LogP contribution >= 0.6 is 0 Å². The van der Waals surface area contributed by atoms with E-state index in [1.807, 2.05) is 13.1 Å². The standard InChI is InChI=1S/C22H24N8O/c1-28-11-12-31-20-18(28)13-24-30-21(26-27-22(20)30)16-6-5-14-3-2-4-17(19(14)25-16)29-9-7-15(23)8-10-29/h2-6,13,15H,7-12,23H2,1H3. The van der Waals surface area contributed by atoms with E-state index >= 15 is 0 Å². The first kappa shape index (κ1) is 18.3. The van der Waals surface area contributed by atoms with Gasteiger partial charge in [-0.05, 0) is 25.0 Å². The minimum absolute atomic E-state index is 0.287. The van der Waals surface area contributed by atoms with Gasteiger partial charge in [0.05, 0.1) is 23.9 Å². The number of hydrogen-bond acceptors (Lipinski definition) is 8. The highest BCUT2D eigenvalue weighted by atomic mass is 16.5. The van der Waals surface area contributed by atoms with Gasteiger partial charge < -0.3 is 20.3 Å². The molecule has 0 bridgehead atoms. The van der Waals surface area contributed by atoms with Crippen molar-refractivity contribution in [1.29, 1.82) is 0 Å². The number of ether oxygens (including phenoxy) is 1. The average molecular weight is 416 g/mol. The van der Waals surface area contributed by atoms with Gasteiger partial charge in [0.15, 0.2) is 5.75 Å². The number of piperidine rings is 1. The van der Waals surface area contributed by atoms with Gasteiger partial charge in [-0.25, -0.2) is 4.98 Å². The second kappa shape index (κ2) is 7.05. The predicted molar refractivity (Wildman–Crippen MR) is 120 cm³/mol. The Morgan fingerprint density at radius 1 is 1.03 bits per heavy atom. The third-order valence-corrected chi connectivity index (χ3v) is 6.26. The SMILES string of the molecule is CN1CCOc2c1cnn1c(-c3ccc4cccc(N5CCC(N)CC5)c4n3)nnc21. The van der Waals surface area contributed by atoms with E-state index in [9.17, 15) is 0 Å². The number of benzene rings is 1. The summed E-state index contributed by atoms with van der Waals surface area (Å²) in [7, 11) is 2.02. The average Bonchev–Trinajstić information content (AvgIpc) is 3.24. The molecule has 0 spiro atoms. The van der Waals surface area contributed by atoms with Crippen molar-refractivity contribution in [1.82, 2.24) is 24.8 Å². The van der Waals surface area contributed by atoms with Crippen molar-refractivity contribution < 1.29 is 4.74 Å². The van der Waals surface area contributed by atoms with Crippen molar-refractivity contribution in [3.05, 3.63) is 36.5 Å². The quantitative estimate of drug-likeness (QED) is 0.531. The third kappa shape index (κ3) is 2.96. The maximum Gasteiger partial charge on any atom is 0.222 e. The zero-order valence-electron chi connectivity index (χ0n) is 17.4. The number of fused-ring (bicyclic) bond motifs is 4. The van der Waals surface area contributed by atoms with E-state index < -0.39 is 0 Å². The molecular weight excluding hydrogens is 392 g/mol. The molecule has 2 N–H and O–H groups in total. The van der Waals surface area contributed by atoms with Crippen molar-refractivity contribution in [2.75, 3.05) is 43.1 Å². The molecule has 31 heavy (non-hydrogen) atoms. The molecule has 9 nitrogen and oxygen atoms in total. The van der Waals surface area contributed by atoms with Gasteiger partial charge in [0.1, 0.15) is 18.0 Å². The molecule has 0 unspecified atom stereocenters. The summed E-state index contributed by atoms with van der Waals surface area (Å²) in [5.41, 5.74) is 10.5. The summed E-state index contributed by atoms with van der Waals surface area (Å²) in [5, 5.41) is 14.5. The molecule has 0 aliphatic carbocycles. The highest BCUT2D eigenvalue weighted by molar-refractivity contribution is 5.92. The van der Waals surface area contributed by atoms with Crippen molar-refractivity contribution in [2.24, 2.45) is 5.73 Å². The summed E-state index contributed by atoms with van der Waals surface area (Å²) in [4.78, 5) is 9.50. The van der Waals surface area contributed by atoms with Gasteiger partial charge in [0.25, 0.3) is 0 Å². The Morgan fingerprint density at radius 2 is 1.90 bits per heavy atom. The third-order valence-electron chi connectivity index (χ3n) is 6.26. The number of para-hydroxylation sites is 1. The fourth-order valence-electron chi connectivity index (χ4n) is 4.44. The number of likely N-dealkylation sites (N-methyl/N-ethyl adjacent to an activating group) is 1. The lowest BCUT2D eigenvalue weighted by Crippen LogP contribution is -2.39. The van der Waals surface area contributed by atoms with Gasteiger partial charge in [-0.2, -0.15) is 9.61 Å². The highest BCUT2D eigenvalue weighted by Gasteiger charge is 2.24. The summed E-state index contributed by atoms with van der Waals surface area (Å²) >= 11 is 0. The first-order chi connectivity index (χ1) is 15.2. The highest BCUT2D eigenvalue weighted by Crippen LogP contribution is 2.35. The summed E-state index contributed by atoms with van der Waals surface area (Å²) in [6.07, 6.45) is 3.79.